The van der Waals surface area contributed by atoms with Crippen molar-refractivity contribution in [3.05, 3.63) is 34.3 Å². The van der Waals surface area contributed by atoms with Crippen LogP contribution in [0.3, 0.4) is 0 Å². The number of benzene rings is 1. The van der Waals surface area contributed by atoms with E-state index in [4.69, 9.17) is 4.74 Å². The van der Waals surface area contributed by atoms with Gasteiger partial charge in [0.05, 0.1) is 12.7 Å². The van der Waals surface area contributed by atoms with Gasteiger partial charge in [-0.25, -0.2) is 0 Å². The van der Waals surface area contributed by atoms with Crippen molar-refractivity contribution < 1.29 is 9.84 Å². The van der Waals surface area contributed by atoms with Crippen LogP contribution in [0.2, 0.25) is 0 Å². The van der Waals surface area contributed by atoms with Crippen LogP contribution in [0.25, 0.3) is 0 Å². The van der Waals surface area contributed by atoms with Gasteiger partial charge in [0.15, 0.2) is 0 Å². The molecule has 1 saturated carbocycles. The molecule has 0 aromatic heterocycles. The molecular formula is C15H22BrNO2. The number of nitrogens with zero attached hydrogens (tertiary/aromatic N) is 1. The molecular weight excluding hydrogens is 306 g/mol. The summed E-state index contributed by atoms with van der Waals surface area (Å²) in [5.74, 6) is 0. The van der Waals surface area contributed by atoms with Crippen molar-refractivity contribution in [2.45, 2.75) is 31.4 Å². The smallest absolute Gasteiger partial charge is 0.0802 e. The second-order valence-electron chi connectivity index (χ2n) is 5.12. The van der Waals surface area contributed by atoms with E-state index in [1.807, 2.05) is 24.3 Å². The van der Waals surface area contributed by atoms with E-state index in [2.05, 4.69) is 20.8 Å². The second kappa shape index (κ2) is 7.39. The number of halogens is 1. The van der Waals surface area contributed by atoms with Crippen molar-refractivity contribution in [1.29, 1.82) is 0 Å². The summed E-state index contributed by atoms with van der Waals surface area (Å²) in [5, 5.41) is 10.2. The first-order valence-electron chi connectivity index (χ1n) is 6.87. The highest BCUT2D eigenvalue weighted by Crippen LogP contribution is 2.28. The summed E-state index contributed by atoms with van der Waals surface area (Å²) < 4.78 is 6.19. The fourth-order valence-corrected chi connectivity index (χ4v) is 2.53. The Labute approximate surface area is 123 Å². The van der Waals surface area contributed by atoms with Crippen LogP contribution < -0.4 is 0 Å². The van der Waals surface area contributed by atoms with Crippen molar-refractivity contribution in [3.8, 4) is 0 Å². The first-order chi connectivity index (χ1) is 9.20. The van der Waals surface area contributed by atoms with E-state index >= 15 is 0 Å². The number of hydrogen-bond donors (Lipinski definition) is 1. The zero-order chi connectivity index (χ0) is 13.7. The number of rotatable bonds is 8. The summed E-state index contributed by atoms with van der Waals surface area (Å²) in [5.41, 5.74) is 0.991. The molecule has 1 aliphatic carbocycles. The van der Waals surface area contributed by atoms with E-state index in [-0.39, 0.29) is 6.10 Å². The van der Waals surface area contributed by atoms with Crippen molar-refractivity contribution >= 4 is 15.9 Å². The van der Waals surface area contributed by atoms with Gasteiger partial charge in [0.2, 0.25) is 0 Å². The maximum absolute atomic E-state index is 10.2. The van der Waals surface area contributed by atoms with Gasteiger partial charge < -0.3 is 9.84 Å². The predicted molar refractivity (Wildman–Crippen MR) is 80.2 cm³/mol. The molecule has 3 nitrogen and oxygen atoms in total. The Morgan fingerprint density at radius 2 is 2.00 bits per heavy atom. The highest BCUT2D eigenvalue weighted by atomic mass is 79.9. The summed E-state index contributed by atoms with van der Waals surface area (Å²) in [4.78, 5) is 2.44. The van der Waals surface area contributed by atoms with Crippen molar-refractivity contribution in [3.63, 3.8) is 0 Å². The first kappa shape index (κ1) is 15.0. The molecule has 0 spiro atoms. The van der Waals surface area contributed by atoms with Crippen molar-refractivity contribution in [1.82, 2.24) is 4.90 Å². The van der Waals surface area contributed by atoms with Crippen molar-refractivity contribution in [2.75, 3.05) is 26.8 Å². The van der Waals surface area contributed by atoms with E-state index in [1.54, 1.807) is 7.11 Å². The van der Waals surface area contributed by atoms with Gasteiger partial charge in [0.1, 0.15) is 0 Å². The van der Waals surface area contributed by atoms with Crippen LogP contribution in [0.4, 0.5) is 0 Å². The number of methoxy groups -OCH3 is 1. The minimum Gasteiger partial charge on any atom is -0.388 e. The Morgan fingerprint density at radius 3 is 2.58 bits per heavy atom. The van der Waals surface area contributed by atoms with E-state index in [0.29, 0.717) is 6.04 Å². The average Bonchev–Trinajstić information content (AvgIpc) is 3.24. The molecule has 1 N–H and O–H groups in total. The Kier molecular flexibility index (Phi) is 5.82. The third-order valence-electron chi connectivity index (χ3n) is 3.59. The molecule has 0 radical (unpaired) electrons. The maximum Gasteiger partial charge on any atom is 0.0802 e. The summed E-state index contributed by atoms with van der Waals surface area (Å²) in [6, 6.07) is 8.62. The highest BCUT2D eigenvalue weighted by molar-refractivity contribution is 9.10. The molecule has 0 aliphatic heterocycles. The monoisotopic (exact) mass is 327 g/mol. The largest absolute Gasteiger partial charge is 0.388 e. The molecule has 106 valence electrons. The van der Waals surface area contributed by atoms with Gasteiger partial charge in [-0.2, -0.15) is 0 Å². The van der Waals surface area contributed by atoms with E-state index < -0.39 is 0 Å². The quantitative estimate of drug-likeness (QED) is 0.796. The first-order valence-corrected chi connectivity index (χ1v) is 7.66. The zero-order valence-electron chi connectivity index (χ0n) is 11.4. The van der Waals surface area contributed by atoms with Gasteiger partial charge in [-0.05, 0) is 37.0 Å². The average molecular weight is 328 g/mol. The predicted octanol–water partition coefficient (Wildman–Crippen LogP) is 2.98. The van der Waals surface area contributed by atoms with Gasteiger partial charge in [-0.3, -0.25) is 4.90 Å². The standard InChI is InChI=1S/C15H22BrNO2/c1-19-11-10-17(14-6-7-14)9-8-15(18)12-2-4-13(16)5-3-12/h2-5,14-15,18H,6-11H2,1H3. The lowest BCUT2D eigenvalue weighted by molar-refractivity contribution is 0.113. The van der Waals surface area contributed by atoms with Gasteiger partial charge in [0.25, 0.3) is 0 Å². The van der Waals surface area contributed by atoms with Crippen LogP contribution >= 0.6 is 15.9 Å². The Hall–Kier alpha value is -0.420. The topological polar surface area (TPSA) is 32.7 Å². The van der Waals surface area contributed by atoms with Crippen molar-refractivity contribution in [2.24, 2.45) is 0 Å². The summed E-state index contributed by atoms with van der Waals surface area (Å²) in [7, 11) is 1.74. The maximum atomic E-state index is 10.2. The molecule has 2 rings (SSSR count). The van der Waals surface area contributed by atoms with Crippen LogP contribution in [0.15, 0.2) is 28.7 Å². The van der Waals surface area contributed by atoms with Crippen LogP contribution in [0.1, 0.15) is 30.9 Å². The van der Waals surface area contributed by atoms with E-state index in [0.717, 1.165) is 36.2 Å². The number of aliphatic hydroxyl groups is 1. The molecule has 1 atom stereocenters. The molecule has 0 bridgehead atoms. The fraction of sp³-hybridized carbons (Fsp3) is 0.600. The van der Waals surface area contributed by atoms with Gasteiger partial charge in [0, 0.05) is 30.7 Å². The van der Waals surface area contributed by atoms with Crippen LogP contribution in [0, 0.1) is 0 Å². The van der Waals surface area contributed by atoms with Gasteiger partial charge in [-0.1, -0.05) is 28.1 Å². The summed E-state index contributed by atoms with van der Waals surface area (Å²) >= 11 is 3.41. The third kappa shape index (κ3) is 4.88. The highest BCUT2D eigenvalue weighted by Gasteiger charge is 2.28. The van der Waals surface area contributed by atoms with E-state index in [9.17, 15) is 5.11 Å². The van der Waals surface area contributed by atoms with Crippen LogP contribution in [-0.2, 0) is 4.74 Å². The number of ether oxygens (including phenoxy) is 1. The lowest BCUT2D eigenvalue weighted by atomic mass is 10.1. The molecule has 0 heterocycles. The van der Waals surface area contributed by atoms with E-state index in [1.165, 1.54) is 12.8 Å². The third-order valence-corrected chi connectivity index (χ3v) is 4.12. The lowest BCUT2D eigenvalue weighted by Crippen LogP contribution is -2.31. The molecule has 19 heavy (non-hydrogen) atoms. The van der Waals surface area contributed by atoms with Gasteiger partial charge >= 0.3 is 0 Å². The minimum atomic E-state index is -0.378. The lowest BCUT2D eigenvalue weighted by Gasteiger charge is -2.23. The Balaban J connectivity index is 1.80. The minimum absolute atomic E-state index is 0.378. The van der Waals surface area contributed by atoms with Crippen LogP contribution in [0.5, 0.6) is 0 Å². The molecule has 0 amide bonds. The SMILES string of the molecule is COCCN(CCC(O)c1ccc(Br)cc1)C1CC1. The number of aliphatic hydroxyl groups excluding tert-OH is 1. The summed E-state index contributed by atoms with van der Waals surface area (Å²) in [6.45, 7) is 2.67. The molecule has 1 aliphatic rings. The molecule has 1 aromatic carbocycles. The number of hydrogen-bond acceptors (Lipinski definition) is 3. The van der Waals surface area contributed by atoms with Gasteiger partial charge in [-0.15, -0.1) is 0 Å². The zero-order valence-corrected chi connectivity index (χ0v) is 13.0. The Bertz CT molecular complexity index is 378. The fourth-order valence-electron chi connectivity index (χ4n) is 2.26. The molecule has 1 unspecified atom stereocenters. The summed E-state index contributed by atoms with van der Waals surface area (Å²) in [6.07, 6.45) is 2.98. The Morgan fingerprint density at radius 1 is 1.32 bits per heavy atom. The molecule has 0 saturated heterocycles. The normalized spacial score (nSPS) is 16.8. The second-order valence-corrected chi connectivity index (χ2v) is 6.03. The van der Waals surface area contributed by atoms with Crippen LogP contribution in [-0.4, -0.2) is 42.9 Å². The molecule has 1 aromatic rings. The molecule has 1 fully saturated rings. The molecule has 4 heteroatoms.